The summed E-state index contributed by atoms with van der Waals surface area (Å²) in [6, 6.07) is 10.6. The predicted molar refractivity (Wildman–Crippen MR) is 81.6 cm³/mol. The van der Waals surface area contributed by atoms with Crippen molar-refractivity contribution in [2.75, 3.05) is 5.73 Å². The highest BCUT2D eigenvalue weighted by molar-refractivity contribution is 7.89. The lowest BCUT2D eigenvalue weighted by atomic mass is 10.1. The highest BCUT2D eigenvalue weighted by atomic mass is 32.2. The Morgan fingerprint density at radius 2 is 1.90 bits per heavy atom. The summed E-state index contributed by atoms with van der Waals surface area (Å²) in [7, 11) is -3.84. The number of imidazole rings is 1. The molecule has 0 saturated heterocycles. The van der Waals surface area contributed by atoms with Gasteiger partial charge in [0.2, 0.25) is 10.0 Å². The van der Waals surface area contributed by atoms with Gasteiger partial charge in [0.15, 0.2) is 0 Å². The number of hydrogen-bond acceptors (Lipinski definition) is 4. The van der Waals surface area contributed by atoms with E-state index in [0.717, 1.165) is 11.0 Å². The Hall–Kier alpha value is -2.38. The van der Waals surface area contributed by atoms with Crippen LogP contribution < -0.4 is 10.9 Å². The molecule has 21 heavy (non-hydrogen) atoms. The zero-order chi connectivity index (χ0) is 15.2. The zero-order valence-electron chi connectivity index (χ0n) is 11.3. The number of aromatic nitrogens is 2. The Labute approximate surface area is 122 Å². The molecule has 108 valence electrons. The van der Waals surface area contributed by atoms with E-state index in [2.05, 4.69) is 4.98 Å². The molecule has 0 saturated carbocycles. The molecule has 0 aliphatic heterocycles. The van der Waals surface area contributed by atoms with Crippen molar-refractivity contribution in [1.82, 2.24) is 9.55 Å². The van der Waals surface area contributed by atoms with E-state index in [1.807, 2.05) is 24.3 Å². The third-order valence-corrected chi connectivity index (χ3v) is 4.41. The van der Waals surface area contributed by atoms with Crippen LogP contribution in [0.3, 0.4) is 0 Å². The first-order valence-electron chi connectivity index (χ1n) is 6.23. The van der Waals surface area contributed by atoms with Gasteiger partial charge in [-0.15, -0.1) is 0 Å². The molecular formula is C14H14N4O2S. The van der Waals surface area contributed by atoms with Crippen LogP contribution in [0.4, 0.5) is 5.69 Å². The number of nitrogen functional groups attached to an aromatic ring is 1. The van der Waals surface area contributed by atoms with Crippen molar-refractivity contribution in [1.29, 1.82) is 0 Å². The topological polar surface area (TPSA) is 104 Å². The molecule has 4 N–H and O–H groups in total. The molecule has 0 bridgehead atoms. The summed E-state index contributed by atoms with van der Waals surface area (Å²) in [6.07, 6.45) is 1.64. The molecule has 6 nitrogen and oxygen atoms in total. The normalized spacial score (nSPS) is 11.9. The standard InChI is InChI=1S/C14H14N4O2S/c1-9-13(6-10(15)7-14(9)21(16,19)20)18-8-17-11-4-2-3-5-12(11)18/h2-8H,15H2,1H3,(H2,16,19,20). The first-order chi connectivity index (χ1) is 9.88. The van der Waals surface area contributed by atoms with Crippen LogP contribution in [0.2, 0.25) is 0 Å². The van der Waals surface area contributed by atoms with Gasteiger partial charge in [0.05, 0.1) is 21.6 Å². The number of hydrogen-bond donors (Lipinski definition) is 2. The molecule has 7 heteroatoms. The van der Waals surface area contributed by atoms with Crippen molar-refractivity contribution < 1.29 is 8.42 Å². The molecule has 0 aliphatic rings. The maximum absolute atomic E-state index is 11.7. The molecule has 0 unspecified atom stereocenters. The van der Waals surface area contributed by atoms with Gasteiger partial charge >= 0.3 is 0 Å². The van der Waals surface area contributed by atoms with Gasteiger partial charge < -0.3 is 5.73 Å². The lowest BCUT2D eigenvalue weighted by Gasteiger charge is -2.13. The predicted octanol–water partition coefficient (Wildman–Crippen LogP) is 1.56. The summed E-state index contributed by atoms with van der Waals surface area (Å²) >= 11 is 0. The summed E-state index contributed by atoms with van der Waals surface area (Å²) in [6.45, 7) is 1.70. The van der Waals surface area contributed by atoms with E-state index in [1.165, 1.54) is 6.07 Å². The van der Waals surface area contributed by atoms with Crippen LogP contribution in [0.25, 0.3) is 16.7 Å². The average molecular weight is 302 g/mol. The van der Waals surface area contributed by atoms with E-state index in [0.29, 0.717) is 16.9 Å². The number of benzene rings is 2. The van der Waals surface area contributed by atoms with Crippen LogP contribution in [-0.4, -0.2) is 18.0 Å². The highest BCUT2D eigenvalue weighted by Gasteiger charge is 2.17. The van der Waals surface area contributed by atoms with Crippen LogP contribution in [0.15, 0.2) is 47.6 Å². The quantitative estimate of drug-likeness (QED) is 0.701. The molecule has 3 rings (SSSR count). The smallest absolute Gasteiger partial charge is 0.238 e. The number of sulfonamides is 1. The molecule has 1 aromatic heterocycles. The van der Waals surface area contributed by atoms with Gasteiger partial charge in [-0.05, 0) is 36.8 Å². The largest absolute Gasteiger partial charge is 0.399 e. The molecule has 0 spiro atoms. The SMILES string of the molecule is Cc1c(-n2cnc3ccccc32)cc(N)cc1S(N)(=O)=O. The second-order valence-electron chi connectivity index (χ2n) is 4.81. The van der Waals surface area contributed by atoms with Crippen LogP contribution >= 0.6 is 0 Å². The number of rotatable bonds is 2. The monoisotopic (exact) mass is 302 g/mol. The van der Waals surface area contributed by atoms with Gasteiger partial charge in [0, 0.05) is 5.69 Å². The van der Waals surface area contributed by atoms with Crippen molar-refractivity contribution in [2.24, 2.45) is 5.14 Å². The molecule has 0 fully saturated rings. The summed E-state index contributed by atoms with van der Waals surface area (Å²) in [4.78, 5) is 4.32. The van der Waals surface area contributed by atoms with E-state index in [-0.39, 0.29) is 4.90 Å². The van der Waals surface area contributed by atoms with Crippen LogP contribution in [0, 0.1) is 6.92 Å². The van der Waals surface area contributed by atoms with Crippen molar-refractivity contribution in [2.45, 2.75) is 11.8 Å². The molecule has 2 aromatic carbocycles. The second kappa shape index (κ2) is 4.57. The molecule has 0 aliphatic carbocycles. The Morgan fingerprint density at radius 1 is 1.19 bits per heavy atom. The first-order valence-corrected chi connectivity index (χ1v) is 7.78. The Balaban J connectivity index is 2.36. The number of nitrogens with zero attached hydrogens (tertiary/aromatic N) is 2. The van der Waals surface area contributed by atoms with Gasteiger partial charge in [0.25, 0.3) is 0 Å². The lowest BCUT2D eigenvalue weighted by molar-refractivity contribution is 0.597. The third-order valence-electron chi connectivity index (χ3n) is 3.37. The molecule has 0 radical (unpaired) electrons. The van der Waals surface area contributed by atoms with Gasteiger partial charge in [-0.25, -0.2) is 18.5 Å². The summed E-state index contributed by atoms with van der Waals surface area (Å²) < 4.78 is 25.2. The van der Waals surface area contributed by atoms with Crippen LogP contribution in [0.1, 0.15) is 5.56 Å². The fourth-order valence-electron chi connectivity index (χ4n) is 2.39. The van der Waals surface area contributed by atoms with Gasteiger partial charge in [-0.1, -0.05) is 12.1 Å². The third kappa shape index (κ3) is 2.26. The Morgan fingerprint density at radius 3 is 2.62 bits per heavy atom. The van der Waals surface area contributed by atoms with Crippen molar-refractivity contribution in [3.05, 3.63) is 48.3 Å². The van der Waals surface area contributed by atoms with Gasteiger partial charge in [-0.3, -0.25) is 4.57 Å². The number of anilines is 1. The van der Waals surface area contributed by atoms with E-state index in [1.54, 1.807) is 23.9 Å². The van der Waals surface area contributed by atoms with E-state index in [9.17, 15) is 8.42 Å². The van der Waals surface area contributed by atoms with Gasteiger partial charge in [-0.2, -0.15) is 0 Å². The van der Waals surface area contributed by atoms with Crippen molar-refractivity contribution >= 4 is 26.7 Å². The number of para-hydroxylation sites is 2. The molecule has 3 aromatic rings. The van der Waals surface area contributed by atoms with E-state index < -0.39 is 10.0 Å². The minimum Gasteiger partial charge on any atom is -0.399 e. The number of fused-ring (bicyclic) bond motifs is 1. The summed E-state index contributed by atoms with van der Waals surface area (Å²) in [5.74, 6) is 0. The molecule has 0 amide bonds. The fraction of sp³-hybridized carbons (Fsp3) is 0.0714. The average Bonchev–Trinajstić information content (AvgIpc) is 2.83. The lowest BCUT2D eigenvalue weighted by Crippen LogP contribution is -2.15. The number of primary sulfonamides is 1. The summed E-state index contributed by atoms with van der Waals surface area (Å²) in [5.41, 5.74) is 9.02. The van der Waals surface area contributed by atoms with Crippen LogP contribution in [0.5, 0.6) is 0 Å². The van der Waals surface area contributed by atoms with E-state index in [4.69, 9.17) is 10.9 Å². The highest BCUT2D eigenvalue weighted by Crippen LogP contribution is 2.27. The molecular weight excluding hydrogens is 288 g/mol. The van der Waals surface area contributed by atoms with Crippen molar-refractivity contribution in [3.63, 3.8) is 0 Å². The van der Waals surface area contributed by atoms with E-state index >= 15 is 0 Å². The zero-order valence-corrected chi connectivity index (χ0v) is 12.1. The minimum atomic E-state index is -3.84. The maximum atomic E-state index is 11.7. The van der Waals surface area contributed by atoms with Gasteiger partial charge in [0.1, 0.15) is 6.33 Å². The summed E-state index contributed by atoms with van der Waals surface area (Å²) in [5, 5.41) is 5.25. The Bertz CT molecular complexity index is 945. The Kier molecular flexibility index (Phi) is 2.96. The van der Waals surface area contributed by atoms with Crippen LogP contribution in [-0.2, 0) is 10.0 Å². The molecule has 0 atom stereocenters. The fourth-order valence-corrected chi connectivity index (χ4v) is 3.22. The minimum absolute atomic E-state index is 0.0234. The van der Waals surface area contributed by atoms with Crippen molar-refractivity contribution in [3.8, 4) is 5.69 Å². The second-order valence-corrected chi connectivity index (χ2v) is 6.34. The molecule has 1 heterocycles. The number of nitrogens with two attached hydrogens (primary N) is 2. The maximum Gasteiger partial charge on any atom is 0.238 e. The first kappa shape index (κ1) is 13.6.